The topological polar surface area (TPSA) is 63.2 Å². The highest BCUT2D eigenvalue weighted by Crippen LogP contribution is 2.25. The first kappa shape index (κ1) is 16.5. The summed E-state index contributed by atoms with van der Waals surface area (Å²) in [5, 5.41) is 2.95. The Bertz CT molecular complexity index is 525. The molecule has 0 radical (unpaired) electrons. The highest BCUT2D eigenvalue weighted by Gasteiger charge is 2.15. The monoisotopic (exact) mass is 323 g/mol. The van der Waals surface area contributed by atoms with Crippen molar-refractivity contribution in [3.8, 4) is 0 Å². The molecule has 0 bridgehead atoms. The van der Waals surface area contributed by atoms with Crippen LogP contribution in [0.1, 0.15) is 38.0 Å². The largest absolute Gasteiger partial charge is 0.353 e. The maximum absolute atomic E-state index is 11.8. The Morgan fingerprint density at radius 3 is 2.58 bits per heavy atom. The summed E-state index contributed by atoms with van der Waals surface area (Å²) in [4.78, 5) is 12.5. The van der Waals surface area contributed by atoms with Gasteiger partial charge in [-0.15, -0.1) is 11.3 Å². The van der Waals surface area contributed by atoms with Gasteiger partial charge in [-0.3, -0.25) is 4.79 Å². The van der Waals surface area contributed by atoms with Crippen molar-refractivity contribution in [1.82, 2.24) is 5.32 Å². The average molecular weight is 324 g/mol. The van der Waals surface area contributed by atoms with Crippen LogP contribution in [0, 0.1) is 0 Å². The molecule has 1 aromatic rings. The van der Waals surface area contributed by atoms with Crippen LogP contribution in [-0.4, -0.2) is 20.4 Å². The van der Waals surface area contributed by atoms with Gasteiger partial charge in [0.2, 0.25) is 5.91 Å². The van der Waals surface area contributed by atoms with Gasteiger partial charge in [0.05, 0.1) is 6.42 Å². The second-order valence-electron chi connectivity index (χ2n) is 4.30. The van der Waals surface area contributed by atoms with Crippen LogP contribution in [0.5, 0.6) is 0 Å². The smallest absolute Gasteiger partial charge is 0.270 e. The zero-order valence-electron chi connectivity index (χ0n) is 11.0. The van der Waals surface area contributed by atoms with E-state index in [9.17, 15) is 13.2 Å². The Morgan fingerprint density at radius 2 is 2.11 bits per heavy atom. The second kappa shape index (κ2) is 7.26. The molecular formula is C12H18ClNO3S2. The minimum absolute atomic E-state index is 0.0811. The van der Waals surface area contributed by atoms with E-state index in [0.29, 0.717) is 4.88 Å². The first-order valence-corrected chi connectivity index (χ1v) is 9.32. The highest BCUT2D eigenvalue weighted by molar-refractivity contribution is 8.15. The molecule has 0 aliphatic heterocycles. The van der Waals surface area contributed by atoms with Crippen LogP contribution >= 0.6 is 22.0 Å². The molecule has 0 fully saturated rings. The molecule has 1 heterocycles. The lowest BCUT2D eigenvalue weighted by Gasteiger charge is -2.15. The molecule has 7 heteroatoms. The Balaban J connectivity index is 2.60. The Morgan fingerprint density at radius 1 is 1.42 bits per heavy atom. The van der Waals surface area contributed by atoms with E-state index in [1.165, 1.54) is 6.07 Å². The predicted octanol–water partition coefficient (Wildman–Crippen LogP) is 2.91. The minimum Gasteiger partial charge on any atom is -0.353 e. The molecule has 4 nitrogen and oxygen atoms in total. The molecule has 1 aromatic heterocycles. The maximum atomic E-state index is 11.8. The predicted molar refractivity (Wildman–Crippen MR) is 78.2 cm³/mol. The highest BCUT2D eigenvalue weighted by atomic mass is 35.7. The standard InChI is InChI=1S/C12H18ClNO3S2/c1-3-5-9(4-2)14-11(15)8-10-6-7-12(18-10)19(13,16)17/h6-7,9H,3-5,8H2,1-2H3,(H,14,15). The Hall–Kier alpha value is -0.590. The van der Waals surface area contributed by atoms with Gasteiger partial charge in [0.15, 0.2) is 0 Å². The number of nitrogens with one attached hydrogen (secondary N) is 1. The molecule has 0 aromatic carbocycles. The van der Waals surface area contributed by atoms with Crippen LogP contribution < -0.4 is 5.32 Å². The van der Waals surface area contributed by atoms with Gasteiger partial charge in [-0.1, -0.05) is 20.3 Å². The maximum Gasteiger partial charge on any atom is 0.270 e. The summed E-state index contributed by atoms with van der Waals surface area (Å²) in [6, 6.07) is 3.24. The summed E-state index contributed by atoms with van der Waals surface area (Å²) in [6.45, 7) is 4.11. The van der Waals surface area contributed by atoms with Gasteiger partial charge in [-0.25, -0.2) is 8.42 Å². The summed E-state index contributed by atoms with van der Waals surface area (Å²) in [6.07, 6.45) is 3.06. The first-order valence-electron chi connectivity index (χ1n) is 6.19. The van der Waals surface area contributed by atoms with Crippen LogP contribution in [0.4, 0.5) is 0 Å². The molecule has 1 amide bonds. The fourth-order valence-electron chi connectivity index (χ4n) is 1.75. The molecule has 1 N–H and O–H groups in total. The quantitative estimate of drug-likeness (QED) is 0.785. The zero-order chi connectivity index (χ0) is 14.5. The SMILES string of the molecule is CCCC(CC)NC(=O)Cc1ccc(S(=O)(=O)Cl)s1. The van der Waals surface area contributed by atoms with Gasteiger partial charge in [-0.05, 0) is 25.0 Å². The van der Waals surface area contributed by atoms with Crippen molar-refractivity contribution in [2.24, 2.45) is 0 Å². The lowest BCUT2D eigenvalue weighted by atomic mass is 10.1. The summed E-state index contributed by atoms with van der Waals surface area (Å²) in [7, 11) is 1.54. The third-order valence-corrected chi connectivity index (χ3v) is 5.89. The zero-order valence-corrected chi connectivity index (χ0v) is 13.4. The van der Waals surface area contributed by atoms with Crippen molar-refractivity contribution in [1.29, 1.82) is 0 Å². The van der Waals surface area contributed by atoms with Crippen LogP contribution in [0.2, 0.25) is 0 Å². The molecule has 0 aliphatic carbocycles. The van der Waals surface area contributed by atoms with E-state index in [1.807, 2.05) is 6.92 Å². The molecule has 0 spiro atoms. The van der Waals surface area contributed by atoms with Gasteiger partial charge in [-0.2, -0.15) is 0 Å². The number of hydrogen-bond acceptors (Lipinski definition) is 4. The van der Waals surface area contributed by atoms with E-state index in [0.717, 1.165) is 30.6 Å². The van der Waals surface area contributed by atoms with E-state index in [1.54, 1.807) is 6.07 Å². The van der Waals surface area contributed by atoms with Crippen molar-refractivity contribution >= 4 is 37.0 Å². The molecule has 0 saturated carbocycles. The van der Waals surface area contributed by atoms with Gasteiger partial charge in [0.1, 0.15) is 4.21 Å². The van der Waals surface area contributed by atoms with Crippen molar-refractivity contribution in [3.63, 3.8) is 0 Å². The number of hydrogen-bond donors (Lipinski definition) is 1. The molecule has 1 atom stereocenters. The third kappa shape index (κ3) is 5.50. The Kier molecular flexibility index (Phi) is 6.29. The van der Waals surface area contributed by atoms with E-state index in [2.05, 4.69) is 12.2 Å². The Labute approximate surface area is 122 Å². The summed E-state index contributed by atoms with van der Waals surface area (Å²) >= 11 is 1.04. The van der Waals surface area contributed by atoms with Crippen molar-refractivity contribution in [2.45, 2.75) is 49.8 Å². The van der Waals surface area contributed by atoms with Gasteiger partial charge >= 0.3 is 0 Å². The third-order valence-electron chi connectivity index (χ3n) is 2.71. The molecule has 1 unspecified atom stereocenters. The second-order valence-corrected chi connectivity index (χ2v) is 8.26. The average Bonchev–Trinajstić information content (AvgIpc) is 2.76. The van der Waals surface area contributed by atoms with E-state index in [4.69, 9.17) is 10.7 Å². The van der Waals surface area contributed by atoms with Crippen molar-refractivity contribution in [2.75, 3.05) is 0 Å². The molecule has 0 saturated heterocycles. The van der Waals surface area contributed by atoms with Crippen LogP contribution in [0.3, 0.4) is 0 Å². The molecule has 1 rings (SSSR count). The van der Waals surface area contributed by atoms with Crippen LogP contribution in [0.25, 0.3) is 0 Å². The number of thiophene rings is 1. The number of carbonyl (C=O) groups is 1. The molecule has 19 heavy (non-hydrogen) atoms. The number of halogens is 1. The molecule has 108 valence electrons. The molecular weight excluding hydrogens is 306 g/mol. The van der Waals surface area contributed by atoms with Crippen LogP contribution in [-0.2, 0) is 20.3 Å². The normalized spacial score (nSPS) is 13.2. The fourth-order valence-corrected chi connectivity index (χ4v) is 3.87. The van der Waals surface area contributed by atoms with E-state index >= 15 is 0 Å². The van der Waals surface area contributed by atoms with Crippen LogP contribution in [0.15, 0.2) is 16.3 Å². The first-order chi connectivity index (χ1) is 8.86. The van der Waals surface area contributed by atoms with Gasteiger partial charge in [0, 0.05) is 21.6 Å². The summed E-state index contributed by atoms with van der Waals surface area (Å²) in [5.74, 6) is -0.0827. The lowest BCUT2D eigenvalue weighted by molar-refractivity contribution is -0.121. The van der Waals surface area contributed by atoms with E-state index in [-0.39, 0.29) is 22.6 Å². The van der Waals surface area contributed by atoms with Crippen molar-refractivity contribution < 1.29 is 13.2 Å². The fraction of sp³-hybridized carbons (Fsp3) is 0.583. The number of amides is 1. The molecule has 0 aliphatic rings. The van der Waals surface area contributed by atoms with Gasteiger partial charge < -0.3 is 5.32 Å². The number of rotatable bonds is 7. The summed E-state index contributed by atoms with van der Waals surface area (Å²) < 4.78 is 22.3. The number of carbonyl (C=O) groups excluding carboxylic acids is 1. The van der Waals surface area contributed by atoms with E-state index < -0.39 is 9.05 Å². The summed E-state index contributed by atoms with van der Waals surface area (Å²) in [5.41, 5.74) is 0. The minimum atomic E-state index is -3.70. The van der Waals surface area contributed by atoms with Gasteiger partial charge in [0.25, 0.3) is 9.05 Å². The lowest BCUT2D eigenvalue weighted by Crippen LogP contribution is -2.35. The van der Waals surface area contributed by atoms with Crippen molar-refractivity contribution in [3.05, 3.63) is 17.0 Å².